The van der Waals surface area contributed by atoms with E-state index in [1.54, 1.807) is 60.7 Å². The van der Waals surface area contributed by atoms with E-state index in [2.05, 4.69) is 5.32 Å². The van der Waals surface area contributed by atoms with Gasteiger partial charge in [-0.3, -0.25) is 4.79 Å². The van der Waals surface area contributed by atoms with Crippen molar-refractivity contribution in [3.05, 3.63) is 106 Å². The van der Waals surface area contributed by atoms with Crippen molar-refractivity contribution in [1.82, 2.24) is 0 Å². The number of hydrogen-bond donors (Lipinski definition) is 1. The molecule has 0 bridgehead atoms. The Morgan fingerprint density at radius 3 is 2.59 bits per heavy atom. The topological polar surface area (TPSA) is 68.5 Å². The van der Waals surface area contributed by atoms with Gasteiger partial charge in [-0.2, -0.15) is 0 Å². The van der Waals surface area contributed by atoms with Crippen LogP contribution < -0.4 is 15.7 Å². The SMILES string of the molecule is O=C(Nc1cccc(OCc2ccc(F)cc2)c1)c1cc2ccccc2oc1=O. The second kappa shape index (κ2) is 7.98. The van der Waals surface area contributed by atoms with Gasteiger partial charge in [-0.15, -0.1) is 0 Å². The van der Waals surface area contributed by atoms with Crippen LogP contribution >= 0.6 is 0 Å². The number of anilines is 1. The molecule has 0 atom stereocenters. The molecule has 144 valence electrons. The largest absolute Gasteiger partial charge is 0.489 e. The van der Waals surface area contributed by atoms with E-state index in [0.717, 1.165) is 5.56 Å². The van der Waals surface area contributed by atoms with E-state index in [1.807, 2.05) is 0 Å². The average Bonchev–Trinajstić information content (AvgIpc) is 2.73. The van der Waals surface area contributed by atoms with E-state index >= 15 is 0 Å². The highest BCUT2D eigenvalue weighted by molar-refractivity contribution is 6.05. The van der Waals surface area contributed by atoms with Gasteiger partial charge >= 0.3 is 5.63 Å². The molecular formula is C23H16FNO4. The number of ether oxygens (including phenoxy) is 1. The number of amides is 1. The monoisotopic (exact) mass is 389 g/mol. The number of nitrogens with one attached hydrogen (secondary N) is 1. The van der Waals surface area contributed by atoms with Crippen molar-refractivity contribution in [1.29, 1.82) is 0 Å². The number of para-hydroxylation sites is 1. The Morgan fingerprint density at radius 2 is 1.76 bits per heavy atom. The zero-order valence-electron chi connectivity index (χ0n) is 15.2. The maximum atomic E-state index is 13.0. The Kier molecular flexibility index (Phi) is 5.07. The molecule has 0 saturated heterocycles. The summed E-state index contributed by atoms with van der Waals surface area (Å²) in [5.74, 6) is -0.352. The van der Waals surface area contributed by atoms with E-state index < -0.39 is 11.5 Å². The summed E-state index contributed by atoms with van der Waals surface area (Å²) >= 11 is 0. The molecule has 1 aromatic heterocycles. The minimum Gasteiger partial charge on any atom is -0.489 e. The lowest BCUT2D eigenvalue weighted by Crippen LogP contribution is -2.20. The van der Waals surface area contributed by atoms with Crippen LogP contribution in [0.2, 0.25) is 0 Å². The van der Waals surface area contributed by atoms with Crippen molar-refractivity contribution in [3.8, 4) is 5.75 Å². The van der Waals surface area contributed by atoms with Crippen molar-refractivity contribution < 1.29 is 18.3 Å². The van der Waals surface area contributed by atoms with Crippen molar-refractivity contribution >= 4 is 22.6 Å². The molecule has 4 aromatic rings. The standard InChI is InChI=1S/C23H16FNO4/c24-17-10-8-15(9-11-17)14-28-19-6-3-5-18(13-19)25-22(26)20-12-16-4-1-2-7-21(16)29-23(20)27/h1-13H,14H2,(H,25,26). The van der Waals surface area contributed by atoms with E-state index in [9.17, 15) is 14.0 Å². The minimum absolute atomic E-state index is 0.0821. The lowest BCUT2D eigenvalue weighted by molar-refractivity contribution is 0.102. The minimum atomic E-state index is -0.704. The number of benzene rings is 3. The van der Waals surface area contributed by atoms with E-state index in [4.69, 9.17) is 9.15 Å². The molecule has 0 unspecified atom stereocenters. The van der Waals surface area contributed by atoms with Gasteiger partial charge in [-0.1, -0.05) is 36.4 Å². The molecule has 0 spiro atoms. The maximum Gasteiger partial charge on any atom is 0.349 e. The van der Waals surface area contributed by atoms with Gasteiger partial charge in [0.1, 0.15) is 29.3 Å². The Hall–Kier alpha value is -3.93. The number of carbonyl (C=O) groups excluding carboxylic acids is 1. The van der Waals surface area contributed by atoms with Crippen LogP contribution in [-0.4, -0.2) is 5.91 Å². The molecule has 0 fully saturated rings. The summed E-state index contributed by atoms with van der Waals surface area (Å²) in [6.45, 7) is 0.256. The highest BCUT2D eigenvalue weighted by atomic mass is 19.1. The van der Waals surface area contributed by atoms with Gasteiger partial charge < -0.3 is 14.5 Å². The fraction of sp³-hybridized carbons (Fsp3) is 0.0435. The molecule has 1 N–H and O–H groups in total. The lowest BCUT2D eigenvalue weighted by Gasteiger charge is -2.09. The Labute approximate surface area is 165 Å². The number of carbonyl (C=O) groups is 1. The van der Waals surface area contributed by atoms with Gasteiger partial charge in [0, 0.05) is 17.1 Å². The number of halogens is 1. The summed E-state index contributed by atoms with van der Waals surface area (Å²) < 4.78 is 23.9. The quantitative estimate of drug-likeness (QED) is 0.500. The Balaban J connectivity index is 1.49. The van der Waals surface area contributed by atoms with E-state index in [0.29, 0.717) is 22.4 Å². The molecule has 1 heterocycles. The third kappa shape index (κ3) is 4.32. The van der Waals surface area contributed by atoms with E-state index in [1.165, 1.54) is 18.2 Å². The van der Waals surface area contributed by atoms with Crippen LogP contribution in [0.5, 0.6) is 5.75 Å². The van der Waals surface area contributed by atoms with Crippen LogP contribution in [0.1, 0.15) is 15.9 Å². The van der Waals surface area contributed by atoms with Crippen LogP contribution in [-0.2, 0) is 6.61 Å². The molecular weight excluding hydrogens is 373 g/mol. The second-order valence-electron chi connectivity index (χ2n) is 6.38. The first-order valence-electron chi connectivity index (χ1n) is 8.90. The summed E-state index contributed by atoms with van der Waals surface area (Å²) in [6, 6.07) is 21.3. The zero-order chi connectivity index (χ0) is 20.2. The maximum absolute atomic E-state index is 13.0. The highest BCUT2D eigenvalue weighted by Crippen LogP contribution is 2.20. The molecule has 0 aliphatic rings. The summed E-state index contributed by atoms with van der Waals surface area (Å²) in [4.78, 5) is 24.7. The normalized spacial score (nSPS) is 10.7. The average molecular weight is 389 g/mol. The first-order valence-corrected chi connectivity index (χ1v) is 8.90. The highest BCUT2D eigenvalue weighted by Gasteiger charge is 2.14. The van der Waals surface area contributed by atoms with Gasteiger partial charge in [0.25, 0.3) is 5.91 Å². The number of hydrogen-bond acceptors (Lipinski definition) is 4. The molecule has 0 aliphatic heterocycles. The van der Waals surface area contributed by atoms with Gasteiger partial charge in [-0.25, -0.2) is 9.18 Å². The second-order valence-corrected chi connectivity index (χ2v) is 6.38. The first-order chi connectivity index (χ1) is 14.1. The fourth-order valence-corrected chi connectivity index (χ4v) is 2.83. The van der Waals surface area contributed by atoms with Crippen LogP contribution in [0.25, 0.3) is 11.0 Å². The fourth-order valence-electron chi connectivity index (χ4n) is 2.83. The van der Waals surface area contributed by atoms with Gasteiger partial charge in [-0.05, 0) is 42.0 Å². The van der Waals surface area contributed by atoms with Crippen LogP contribution in [0.4, 0.5) is 10.1 Å². The van der Waals surface area contributed by atoms with Gasteiger partial charge in [0.05, 0.1) is 0 Å². The molecule has 0 saturated carbocycles. The van der Waals surface area contributed by atoms with Crippen molar-refractivity contribution in [2.75, 3.05) is 5.32 Å². The summed E-state index contributed by atoms with van der Waals surface area (Å²) in [5, 5.41) is 3.34. The molecule has 0 radical (unpaired) electrons. The molecule has 1 amide bonds. The zero-order valence-corrected chi connectivity index (χ0v) is 15.2. The van der Waals surface area contributed by atoms with Crippen molar-refractivity contribution in [2.24, 2.45) is 0 Å². The molecule has 5 nitrogen and oxygen atoms in total. The van der Waals surface area contributed by atoms with Crippen molar-refractivity contribution in [3.63, 3.8) is 0 Å². The Bertz CT molecular complexity index is 1230. The van der Waals surface area contributed by atoms with Gasteiger partial charge in [0.15, 0.2) is 0 Å². The predicted molar refractivity (Wildman–Crippen MR) is 108 cm³/mol. The van der Waals surface area contributed by atoms with Crippen LogP contribution in [0, 0.1) is 5.82 Å². The van der Waals surface area contributed by atoms with E-state index in [-0.39, 0.29) is 18.0 Å². The third-order valence-corrected chi connectivity index (χ3v) is 4.30. The molecule has 29 heavy (non-hydrogen) atoms. The number of rotatable bonds is 5. The summed E-state index contributed by atoms with van der Waals surface area (Å²) in [7, 11) is 0. The summed E-state index contributed by atoms with van der Waals surface area (Å²) in [5.41, 5.74) is 0.922. The number of fused-ring (bicyclic) bond motifs is 1. The molecule has 0 aliphatic carbocycles. The molecule has 6 heteroatoms. The van der Waals surface area contributed by atoms with Crippen LogP contribution in [0.3, 0.4) is 0 Å². The Morgan fingerprint density at radius 1 is 0.966 bits per heavy atom. The van der Waals surface area contributed by atoms with Crippen molar-refractivity contribution in [2.45, 2.75) is 6.61 Å². The van der Waals surface area contributed by atoms with Crippen LogP contribution in [0.15, 0.2) is 88.1 Å². The summed E-state index contributed by atoms with van der Waals surface area (Å²) in [6.07, 6.45) is 0. The van der Waals surface area contributed by atoms with Gasteiger partial charge in [0.2, 0.25) is 0 Å². The predicted octanol–water partition coefficient (Wildman–Crippen LogP) is 4.76. The first kappa shape index (κ1) is 18.4. The smallest absolute Gasteiger partial charge is 0.349 e. The molecule has 3 aromatic carbocycles. The lowest BCUT2D eigenvalue weighted by atomic mass is 10.1. The third-order valence-electron chi connectivity index (χ3n) is 4.30. The molecule has 4 rings (SSSR count).